The molecule has 1 amide bonds. The van der Waals surface area contributed by atoms with Crippen molar-refractivity contribution in [3.8, 4) is 0 Å². The lowest BCUT2D eigenvalue weighted by atomic mass is 9.90. The van der Waals surface area contributed by atoms with E-state index in [9.17, 15) is 14.9 Å². The fraction of sp³-hybridized carbons (Fsp3) is 0.148. The lowest BCUT2D eigenvalue weighted by Crippen LogP contribution is -2.27. The van der Waals surface area contributed by atoms with Crippen LogP contribution < -0.4 is 10.2 Å². The minimum absolute atomic E-state index is 0.0110. The minimum atomic E-state index is -0.454. The summed E-state index contributed by atoms with van der Waals surface area (Å²) in [6.45, 7) is 0.404. The van der Waals surface area contributed by atoms with Gasteiger partial charge in [0, 0.05) is 67.6 Å². The molecule has 4 aromatic rings. The van der Waals surface area contributed by atoms with Crippen LogP contribution in [0.5, 0.6) is 0 Å². The van der Waals surface area contributed by atoms with Gasteiger partial charge in [0.2, 0.25) is 5.91 Å². The Labute approximate surface area is 197 Å². The number of H-pyrrole nitrogens is 1. The molecule has 4 rings (SSSR count). The van der Waals surface area contributed by atoms with E-state index < -0.39 is 4.92 Å². The summed E-state index contributed by atoms with van der Waals surface area (Å²) in [6, 6.07) is 22.6. The molecule has 0 aliphatic rings. The lowest BCUT2D eigenvalue weighted by Gasteiger charge is -2.19. The van der Waals surface area contributed by atoms with Gasteiger partial charge in [0.05, 0.1) is 4.92 Å². The van der Waals surface area contributed by atoms with Gasteiger partial charge in [-0.05, 0) is 41.0 Å². The number of carbonyl (C=O) groups is 1. The molecule has 2 N–H and O–H groups in total. The summed E-state index contributed by atoms with van der Waals surface area (Å²) >= 11 is 0. The van der Waals surface area contributed by atoms with Crippen molar-refractivity contribution in [3.05, 3.63) is 112 Å². The van der Waals surface area contributed by atoms with Crippen LogP contribution in [0, 0.1) is 10.1 Å². The number of anilines is 1. The second-order valence-corrected chi connectivity index (χ2v) is 8.26. The van der Waals surface area contributed by atoms with Crippen LogP contribution in [0.25, 0.3) is 17.0 Å². The van der Waals surface area contributed by atoms with Crippen molar-refractivity contribution in [2.45, 2.75) is 5.92 Å². The van der Waals surface area contributed by atoms with Gasteiger partial charge in [-0.25, -0.2) is 0 Å². The summed E-state index contributed by atoms with van der Waals surface area (Å²) < 4.78 is 0. The zero-order valence-electron chi connectivity index (χ0n) is 19.1. The summed E-state index contributed by atoms with van der Waals surface area (Å²) in [4.78, 5) is 28.5. The first kappa shape index (κ1) is 22.8. The zero-order chi connectivity index (χ0) is 24.1. The fourth-order valence-electron chi connectivity index (χ4n) is 3.97. The largest absolute Gasteiger partial charge is 0.378 e. The quantitative estimate of drug-likeness (QED) is 0.220. The van der Waals surface area contributed by atoms with Crippen LogP contribution >= 0.6 is 0 Å². The van der Waals surface area contributed by atoms with Crippen LogP contribution in [0.2, 0.25) is 0 Å². The van der Waals surface area contributed by atoms with Crippen molar-refractivity contribution >= 4 is 34.3 Å². The van der Waals surface area contributed by atoms with Crippen LogP contribution in [0.1, 0.15) is 22.6 Å². The second-order valence-electron chi connectivity index (χ2n) is 8.26. The number of hydrogen-bond acceptors (Lipinski definition) is 4. The second kappa shape index (κ2) is 10.0. The Morgan fingerprint density at radius 2 is 1.85 bits per heavy atom. The van der Waals surface area contributed by atoms with Crippen LogP contribution in [0.15, 0.2) is 85.1 Å². The van der Waals surface area contributed by atoms with Gasteiger partial charge in [-0.3, -0.25) is 14.9 Å². The Morgan fingerprint density at radius 3 is 2.59 bits per heavy atom. The zero-order valence-corrected chi connectivity index (χ0v) is 19.1. The number of aromatic amines is 1. The first-order valence-corrected chi connectivity index (χ1v) is 11.0. The molecule has 0 saturated carbocycles. The maximum absolute atomic E-state index is 12.6. The van der Waals surface area contributed by atoms with E-state index in [4.69, 9.17) is 0 Å². The van der Waals surface area contributed by atoms with Gasteiger partial charge in [-0.2, -0.15) is 0 Å². The van der Waals surface area contributed by atoms with Crippen molar-refractivity contribution in [3.63, 3.8) is 0 Å². The first-order chi connectivity index (χ1) is 16.4. The number of nitrogens with zero attached hydrogens (tertiary/aromatic N) is 2. The summed E-state index contributed by atoms with van der Waals surface area (Å²) in [6.07, 6.45) is 4.98. The highest BCUT2D eigenvalue weighted by Gasteiger charge is 2.19. The van der Waals surface area contributed by atoms with E-state index in [1.54, 1.807) is 18.2 Å². The van der Waals surface area contributed by atoms with Crippen molar-refractivity contribution in [1.29, 1.82) is 0 Å². The Balaban J connectivity index is 1.55. The van der Waals surface area contributed by atoms with Gasteiger partial charge in [0.15, 0.2) is 0 Å². The van der Waals surface area contributed by atoms with Crippen molar-refractivity contribution < 1.29 is 9.72 Å². The van der Waals surface area contributed by atoms with Crippen molar-refractivity contribution in [2.75, 3.05) is 25.5 Å². The Hall–Kier alpha value is -4.39. The third-order valence-electron chi connectivity index (χ3n) is 5.80. The third-order valence-corrected chi connectivity index (χ3v) is 5.80. The molecule has 7 nitrogen and oxygen atoms in total. The molecule has 0 unspecified atom stereocenters. The van der Waals surface area contributed by atoms with E-state index in [-0.39, 0.29) is 17.5 Å². The fourth-order valence-corrected chi connectivity index (χ4v) is 3.97. The number of rotatable bonds is 8. The van der Waals surface area contributed by atoms with Gasteiger partial charge in [-0.15, -0.1) is 0 Å². The van der Waals surface area contributed by atoms with Gasteiger partial charge >= 0.3 is 0 Å². The summed E-state index contributed by atoms with van der Waals surface area (Å²) in [5.41, 5.74) is 4.93. The topological polar surface area (TPSA) is 91.3 Å². The van der Waals surface area contributed by atoms with E-state index in [0.717, 1.165) is 27.7 Å². The van der Waals surface area contributed by atoms with Crippen molar-refractivity contribution in [2.24, 2.45) is 0 Å². The summed E-state index contributed by atoms with van der Waals surface area (Å²) in [7, 11) is 4.00. The molecular formula is C27H26N4O3. The molecule has 1 atom stereocenters. The Bertz CT molecular complexity index is 1340. The molecule has 0 spiro atoms. The maximum Gasteiger partial charge on any atom is 0.270 e. The number of non-ortho nitro benzene ring substituents is 1. The van der Waals surface area contributed by atoms with Gasteiger partial charge < -0.3 is 15.2 Å². The van der Waals surface area contributed by atoms with Crippen LogP contribution in [0.4, 0.5) is 11.4 Å². The van der Waals surface area contributed by atoms with Crippen LogP contribution in [-0.2, 0) is 4.79 Å². The number of para-hydroxylation sites is 1. The highest BCUT2D eigenvalue weighted by atomic mass is 16.6. The van der Waals surface area contributed by atoms with Gasteiger partial charge in [0.25, 0.3) is 5.69 Å². The monoisotopic (exact) mass is 454 g/mol. The molecule has 1 heterocycles. The molecule has 0 aliphatic heterocycles. The van der Waals surface area contributed by atoms with Gasteiger partial charge in [-0.1, -0.05) is 42.5 Å². The number of fused-ring (bicyclic) bond motifs is 1. The molecule has 34 heavy (non-hydrogen) atoms. The molecular weight excluding hydrogens is 428 g/mol. The Kier molecular flexibility index (Phi) is 6.73. The van der Waals surface area contributed by atoms with Gasteiger partial charge in [0.1, 0.15) is 0 Å². The van der Waals surface area contributed by atoms with E-state index in [1.165, 1.54) is 18.2 Å². The number of nitrogens with one attached hydrogen (secondary N) is 2. The highest BCUT2D eigenvalue weighted by Crippen LogP contribution is 2.31. The molecule has 172 valence electrons. The minimum Gasteiger partial charge on any atom is -0.378 e. The lowest BCUT2D eigenvalue weighted by molar-refractivity contribution is -0.384. The molecule has 1 aromatic heterocycles. The predicted molar refractivity (Wildman–Crippen MR) is 136 cm³/mol. The number of carbonyl (C=O) groups excluding carboxylic acids is 1. The molecule has 0 aliphatic carbocycles. The average molecular weight is 455 g/mol. The molecule has 0 radical (unpaired) electrons. The third kappa shape index (κ3) is 5.15. The maximum atomic E-state index is 12.6. The first-order valence-electron chi connectivity index (χ1n) is 11.0. The predicted octanol–water partition coefficient (Wildman–Crippen LogP) is 5.10. The number of nitro groups is 1. The van der Waals surface area contributed by atoms with Crippen LogP contribution in [0.3, 0.4) is 0 Å². The van der Waals surface area contributed by atoms with E-state index in [2.05, 4.69) is 40.6 Å². The molecule has 0 fully saturated rings. The molecule has 7 heteroatoms. The normalized spacial score (nSPS) is 12.1. The summed E-state index contributed by atoms with van der Waals surface area (Å²) in [5.74, 6) is -0.316. The van der Waals surface area contributed by atoms with Crippen LogP contribution in [-0.4, -0.2) is 36.5 Å². The average Bonchev–Trinajstić information content (AvgIpc) is 3.27. The van der Waals surface area contributed by atoms with E-state index in [0.29, 0.717) is 12.1 Å². The van der Waals surface area contributed by atoms with E-state index >= 15 is 0 Å². The van der Waals surface area contributed by atoms with E-state index in [1.807, 2.05) is 43.4 Å². The number of amides is 1. The Morgan fingerprint density at radius 1 is 1.09 bits per heavy atom. The van der Waals surface area contributed by atoms with Crippen molar-refractivity contribution in [1.82, 2.24) is 10.3 Å². The molecule has 3 aromatic carbocycles. The highest BCUT2D eigenvalue weighted by molar-refractivity contribution is 5.92. The molecule has 0 bridgehead atoms. The standard InChI is InChI=1S/C27H26N4O3/c1-30(2)21-13-11-20(12-14-21)24(25-18-28-26-9-4-3-8-23(25)26)17-29-27(32)15-10-19-6-5-7-22(16-19)31(33)34/h3-16,18,24,28H,17H2,1-2H3,(H,29,32)/b15-10+/t24-/m1/s1. The SMILES string of the molecule is CN(C)c1ccc([C@@H](CNC(=O)/C=C/c2cccc([N+](=O)[O-])c2)c2c[nH]c3ccccc23)cc1. The number of benzene rings is 3. The smallest absolute Gasteiger partial charge is 0.270 e. The molecule has 0 saturated heterocycles. The number of nitro benzene ring substituents is 1. The number of aromatic nitrogens is 1. The summed E-state index contributed by atoms with van der Waals surface area (Å²) in [5, 5.41) is 15.1. The number of hydrogen-bond donors (Lipinski definition) is 2.